The Bertz CT molecular complexity index is 681. The third-order valence-corrected chi connectivity index (χ3v) is 5.07. The maximum atomic E-state index is 4.94. The fourth-order valence-electron chi connectivity index (χ4n) is 3.57. The minimum Gasteiger partial charge on any atom is -0.353 e. The molecular weight excluding hydrogens is 290 g/mol. The smallest absolute Gasteiger partial charge is 0.229 e. The number of piperazine rings is 1. The van der Waals surface area contributed by atoms with Crippen LogP contribution in [0.25, 0.3) is 11.0 Å². The molecule has 124 valence electrons. The Hall–Kier alpha value is -1.89. The molecule has 0 atom stereocenters. The van der Waals surface area contributed by atoms with Gasteiger partial charge in [0.2, 0.25) is 5.95 Å². The van der Waals surface area contributed by atoms with E-state index in [0.29, 0.717) is 0 Å². The van der Waals surface area contributed by atoms with Crippen LogP contribution in [-0.4, -0.2) is 70.5 Å². The fourth-order valence-corrected chi connectivity index (χ4v) is 3.57. The lowest BCUT2D eigenvalue weighted by Crippen LogP contribution is -2.46. The van der Waals surface area contributed by atoms with E-state index in [0.717, 1.165) is 68.6 Å². The molecule has 0 N–H and O–H groups in total. The summed E-state index contributed by atoms with van der Waals surface area (Å²) in [7, 11) is 1.96. The van der Waals surface area contributed by atoms with Gasteiger partial charge in [-0.25, -0.2) is 0 Å². The maximum Gasteiger partial charge on any atom is 0.229 e. The first-order chi connectivity index (χ1) is 11.3. The van der Waals surface area contributed by atoms with Gasteiger partial charge in [-0.3, -0.25) is 4.68 Å². The van der Waals surface area contributed by atoms with Crippen molar-refractivity contribution >= 4 is 22.8 Å². The van der Waals surface area contributed by atoms with E-state index in [2.05, 4.69) is 26.7 Å². The van der Waals surface area contributed by atoms with E-state index in [-0.39, 0.29) is 0 Å². The summed E-state index contributed by atoms with van der Waals surface area (Å²) in [4.78, 5) is 16.9. The highest BCUT2D eigenvalue weighted by Gasteiger charge is 2.24. The number of aryl methyl sites for hydroxylation is 1. The van der Waals surface area contributed by atoms with Crippen LogP contribution in [0.3, 0.4) is 0 Å². The SMILES string of the molecule is CCN1CCN(c2nc(N3CCCC3)nc3c2cnn3C)CC1. The fraction of sp³-hybridized carbons (Fsp3) is 0.688. The number of fused-ring (bicyclic) bond motifs is 1. The molecule has 0 radical (unpaired) electrons. The normalized spacial score (nSPS) is 19.9. The van der Waals surface area contributed by atoms with Gasteiger partial charge in [-0.2, -0.15) is 15.1 Å². The topological polar surface area (TPSA) is 53.3 Å². The van der Waals surface area contributed by atoms with Crippen molar-refractivity contribution in [2.24, 2.45) is 7.05 Å². The molecule has 2 aromatic heterocycles. The first-order valence-corrected chi connectivity index (χ1v) is 8.68. The zero-order chi connectivity index (χ0) is 15.8. The Morgan fingerprint density at radius 1 is 0.957 bits per heavy atom. The Balaban J connectivity index is 1.72. The van der Waals surface area contributed by atoms with Crippen molar-refractivity contribution in [3.05, 3.63) is 6.20 Å². The molecule has 2 aliphatic rings. The van der Waals surface area contributed by atoms with Crippen LogP contribution in [0.2, 0.25) is 0 Å². The number of hydrogen-bond donors (Lipinski definition) is 0. The van der Waals surface area contributed by atoms with Crippen LogP contribution >= 0.6 is 0 Å². The molecule has 0 aliphatic carbocycles. The Morgan fingerprint density at radius 3 is 2.39 bits per heavy atom. The monoisotopic (exact) mass is 315 g/mol. The molecule has 0 unspecified atom stereocenters. The standard InChI is InChI=1S/C16H25N7/c1-3-21-8-10-22(11-9-21)15-13-12-17-20(2)14(13)18-16(19-15)23-6-4-5-7-23/h12H,3-11H2,1-2H3. The molecule has 23 heavy (non-hydrogen) atoms. The molecule has 2 saturated heterocycles. The van der Waals surface area contributed by atoms with Gasteiger partial charge in [0.25, 0.3) is 0 Å². The van der Waals surface area contributed by atoms with Crippen LogP contribution in [0.4, 0.5) is 11.8 Å². The Morgan fingerprint density at radius 2 is 1.70 bits per heavy atom. The zero-order valence-corrected chi connectivity index (χ0v) is 14.1. The summed E-state index contributed by atoms with van der Waals surface area (Å²) in [6.45, 7) is 9.72. The summed E-state index contributed by atoms with van der Waals surface area (Å²) in [5, 5.41) is 5.48. The molecule has 0 bridgehead atoms. The van der Waals surface area contributed by atoms with Crippen LogP contribution in [-0.2, 0) is 7.05 Å². The largest absolute Gasteiger partial charge is 0.353 e. The number of likely N-dealkylation sites (N-methyl/N-ethyl adjacent to an activating group) is 1. The third-order valence-electron chi connectivity index (χ3n) is 5.07. The molecule has 2 fully saturated rings. The van der Waals surface area contributed by atoms with Gasteiger partial charge in [-0.05, 0) is 19.4 Å². The predicted octanol–water partition coefficient (Wildman–Crippen LogP) is 1.11. The summed E-state index contributed by atoms with van der Waals surface area (Å²) in [5.74, 6) is 1.92. The second kappa shape index (κ2) is 5.96. The van der Waals surface area contributed by atoms with Gasteiger partial charge in [0.15, 0.2) is 5.65 Å². The van der Waals surface area contributed by atoms with Gasteiger partial charge in [0, 0.05) is 46.3 Å². The molecule has 0 saturated carbocycles. The van der Waals surface area contributed by atoms with Crippen molar-refractivity contribution in [2.75, 3.05) is 55.6 Å². The van der Waals surface area contributed by atoms with Crippen molar-refractivity contribution < 1.29 is 0 Å². The van der Waals surface area contributed by atoms with E-state index >= 15 is 0 Å². The first-order valence-electron chi connectivity index (χ1n) is 8.68. The average Bonchev–Trinajstić information content (AvgIpc) is 3.25. The zero-order valence-electron chi connectivity index (χ0n) is 14.1. The summed E-state index contributed by atoms with van der Waals surface area (Å²) < 4.78 is 1.86. The van der Waals surface area contributed by atoms with E-state index in [9.17, 15) is 0 Å². The quantitative estimate of drug-likeness (QED) is 0.846. The van der Waals surface area contributed by atoms with Crippen molar-refractivity contribution in [1.82, 2.24) is 24.6 Å². The molecular formula is C16H25N7. The molecule has 7 nitrogen and oxygen atoms in total. The van der Waals surface area contributed by atoms with E-state index < -0.39 is 0 Å². The molecule has 0 aromatic carbocycles. The number of hydrogen-bond acceptors (Lipinski definition) is 6. The van der Waals surface area contributed by atoms with Crippen molar-refractivity contribution in [1.29, 1.82) is 0 Å². The van der Waals surface area contributed by atoms with Crippen LogP contribution in [0.1, 0.15) is 19.8 Å². The lowest BCUT2D eigenvalue weighted by molar-refractivity contribution is 0.271. The molecule has 0 amide bonds. The van der Waals surface area contributed by atoms with Crippen LogP contribution in [0, 0.1) is 0 Å². The highest BCUT2D eigenvalue weighted by Crippen LogP contribution is 2.28. The Kier molecular flexibility index (Phi) is 3.80. The summed E-state index contributed by atoms with van der Waals surface area (Å²) in [6, 6.07) is 0. The lowest BCUT2D eigenvalue weighted by Gasteiger charge is -2.35. The van der Waals surface area contributed by atoms with Gasteiger partial charge < -0.3 is 14.7 Å². The van der Waals surface area contributed by atoms with E-state index in [1.165, 1.54) is 12.8 Å². The maximum absolute atomic E-state index is 4.94. The average molecular weight is 315 g/mol. The molecule has 2 aromatic rings. The van der Waals surface area contributed by atoms with Gasteiger partial charge in [-0.1, -0.05) is 6.92 Å². The second-order valence-corrected chi connectivity index (χ2v) is 6.47. The Labute approximate surface area is 136 Å². The van der Waals surface area contributed by atoms with Crippen LogP contribution in [0.15, 0.2) is 6.20 Å². The van der Waals surface area contributed by atoms with Crippen molar-refractivity contribution in [2.45, 2.75) is 19.8 Å². The lowest BCUT2D eigenvalue weighted by atomic mass is 10.3. The second-order valence-electron chi connectivity index (χ2n) is 6.47. The van der Waals surface area contributed by atoms with Gasteiger partial charge in [0.05, 0.1) is 11.6 Å². The van der Waals surface area contributed by atoms with E-state index in [4.69, 9.17) is 9.97 Å². The minimum absolute atomic E-state index is 0.867. The first kappa shape index (κ1) is 14.7. The minimum atomic E-state index is 0.867. The number of anilines is 2. The van der Waals surface area contributed by atoms with Gasteiger partial charge in [0.1, 0.15) is 5.82 Å². The van der Waals surface area contributed by atoms with Crippen LogP contribution in [0.5, 0.6) is 0 Å². The highest BCUT2D eigenvalue weighted by atomic mass is 15.4. The van der Waals surface area contributed by atoms with Gasteiger partial charge >= 0.3 is 0 Å². The van der Waals surface area contributed by atoms with Crippen LogP contribution < -0.4 is 9.80 Å². The summed E-state index contributed by atoms with van der Waals surface area (Å²) >= 11 is 0. The molecule has 7 heteroatoms. The summed E-state index contributed by atoms with van der Waals surface area (Å²) in [5.41, 5.74) is 0.940. The highest BCUT2D eigenvalue weighted by molar-refractivity contribution is 5.88. The number of rotatable bonds is 3. The predicted molar refractivity (Wildman–Crippen MR) is 92.1 cm³/mol. The van der Waals surface area contributed by atoms with E-state index in [1.807, 2.05) is 17.9 Å². The van der Waals surface area contributed by atoms with E-state index in [1.54, 1.807) is 0 Å². The molecule has 2 aliphatic heterocycles. The number of nitrogens with zero attached hydrogens (tertiary/aromatic N) is 7. The summed E-state index contributed by atoms with van der Waals surface area (Å²) in [6.07, 6.45) is 4.37. The van der Waals surface area contributed by atoms with Crippen molar-refractivity contribution in [3.63, 3.8) is 0 Å². The molecule has 4 rings (SSSR count). The van der Waals surface area contributed by atoms with Crippen molar-refractivity contribution in [3.8, 4) is 0 Å². The van der Waals surface area contributed by atoms with Gasteiger partial charge in [-0.15, -0.1) is 0 Å². The third kappa shape index (κ3) is 2.63. The molecule has 4 heterocycles. The molecule has 0 spiro atoms. The number of aromatic nitrogens is 4.